The van der Waals surface area contributed by atoms with Crippen LogP contribution in [0.4, 0.5) is 0 Å². The molecule has 1 N–H and O–H groups in total. The van der Waals surface area contributed by atoms with Crippen molar-refractivity contribution in [2.75, 3.05) is 5.75 Å². The Morgan fingerprint density at radius 3 is 1.89 bits per heavy atom. The van der Waals surface area contributed by atoms with Crippen molar-refractivity contribution in [2.24, 2.45) is 23.2 Å². The Morgan fingerprint density at radius 1 is 1.06 bits per heavy atom. The minimum Gasteiger partial charge on any atom is -0.213 e. The van der Waals surface area contributed by atoms with Crippen molar-refractivity contribution in [1.29, 1.82) is 0 Å². The lowest BCUT2D eigenvalue weighted by Gasteiger charge is -2.56. The fraction of sp³-hybridized carbons (Fsp3) is 1.00. The largest absolute Gasteiger partial charge is 0.213 e. The standard InChI is InChI=1S/C14H25NO2S/c1-10(2)15-18(16,17)9-14-6-11-3-12(7-14)5-13(4-11)8-14/h10-13,15H,3-9H2,1-2H3. The zero-order valence-electron chi connectivity index (χ0n) is 11.5. The molecule has 4 fully saturated rings. The van der Waals surface area contributed by atoms with Crippen LogP contribution in [-0.2, 0) is 10.0 Å². The lowest BCUT2D eigenvalue weighted by molar-refractivity contribution is -0.0391. The van der Waals surface area contributed by atoms with Crippen molar-refractivity contribution < 1.29 is 8.42 Å². The van der Waals surface area contributed by atoms with E-state index in [1.54, 1.807) is 0 Å². The highest BCUT2D eigenvalue weighted by Crippen LogP contribution is 2.60. The molecule has 0 aromatic rings. The maximum atomic E-state index is 12.2. The van der Waals surface area contributed by atoms with Gasteiger partial charge < -0.3 is 0 Å². The minimum atomic E-state index is -3.09. The van der Waals surface area contributed by atoms with Crippen molar-refractivity contribution in [3.63, 3.8) is 0 Å². The lowest BCUT2D eigenvalue weighted by atomic mass is 9.50. The summed E-state index contributed by atoms with van der Waals surface area (Å²) >= 11 is 0. The predicted molar refractivity (Wildman–Crippen MR) is 72.7 cm³/mol. The molecule has 0 heterocycles. The van der Waals surface area contributed by atoms with Crippen LogP contribution in [0.2, 0.25) is 0 Å². The van der Waals surface area contributed by atoms with Gasteiger partial charge in [-0.05, 0) is 75.5 Å². The van der Waals surface area contributed by atoms with Gasteiger partial charge in [-0.3, -0.25) is 0 Å². The van der Waals surface area contributed by atoms with Crippen LogP contribution in [0.5, 0.6) is 0 Å². The summed E-state index contributed by atoms with van der Waals surface area (Å²) < 4.78 is 27.2. The van der Waals surface area contributed by atoms with E-state index in [2.05, 4.69) is 4.72 Å². The van der Waals surface area contributed by atoms with E-state index in [0.717, 1.165) is 17.8 Å². The summed E-state index contributed by atoms with van der Waals surface area (Å²) in [6, 6.07) is 0.0175. The first-order valence-electron chi connectivity index (χ1n) is 7.36. The van der Waals surface area contributed by atoms with Crippen LogP contribution in [0, 0.1) is 23.2 Å². The van der Waals surface area contributed by atoms with E-state index < -0.39 is 10.0 Å². The Kier molecular flexibility index (Phi) is 3.02. The summed E-state index contributed by atoms with van der Waals surface area (Å²) in [5, 5.41) is 0. The molecule has 0 aliphatic heterocycles. The molecule has 4 saturated carbocycles. The van der Waals surface area contributed by atoms with Gasteiger partial charge in [-0.15, -0.1) is 0 Å². The molecule has 4 rings (SSSR count). The average molecular weight is 271 g/mol. The van der Waals surface area contributed by atoms with Crippen LogP contribution in [0.15, 0.2) is 0 Å². The zero-order chi connectivity index (χ0) is 13.0. The molecule has 0 aromatic carbocycles. The molecule has 4 bridgehead atoms. The molecule has 4 aliphatic rings. The first kappa shape index (κ1) is 12.9. The third kappa shape index (κ3) is 2.46. The fourth-order valence-corrected chi connectivity index (χ4v) is 7.23. The Labute approximate surface area is 111 Å². The average Bonchev–Trinajstić information content (AvgIpc) is 2.09. The highest BCUT2D eigenvalue weighted by molar-refractivity contribution is 7.89. The first-order valence-corrected chi connectivity index (χ1v) is 9.01. The summed E-state index contributed by atoms with van der Waals surface area (Å²) in [4.78, 5) is 0. The first-order chi connectivity index (χ1) is 8.36. The van der Waals surface area contributed by atoms with Gasteiger partial charge in [0.15, 0.2) is 0 Å². The van der Waals surface area contributed by atoms with Crippen LogP contribution < -0.4 is 4.72 Å². The molecule has 0 amide bonds. The van der Waals surface area contributed by atoms with Crippen molar-refractivity contribution >= 4 is 10.0 Å². The molecule has 0 atom stereocenters. The van der Waals surface area contributed by atoms with Crippen LogP contribution in [0.1, 0.15) is 52.4 Å². The summed E-state index contributed by atoms with van der Waals surface area (Å²) in [6.07, 6.45) is 7.61. The minimum absolute atomic E-state index is 0.0175. The smallest absolute Gasteiger partial charge is 0.212 e. The van der Waals surface area contributed by atoms with Gasteiger partial charge in [0.1, 0.15) is 0 Å². The highest BCUT2D eigenvalue weighted by atomic mass is 32.2. The van der Waals surface area contributed by atoms with E-state index >= 15 is 0 Å². The van der Waals surface area contributed by atoms with E-state index in [9.17, 15) is 8.42 Å². The topological polar surface area (TPSA) is 46.2 Å². The second-order valence-corrected chi connectivity index (χ2v) is 9.20. The zero-order valence-corrected chi connectivity index (χ0v) is 12.3. The molecule has 3 nitrogen and oxygen atoms in total. The van der Waals surface area contributed by atoms with Crippen molar-refractivity contribution in [2.45, 2.75) is 58.4 Å². The Bertz CT molecular complexity index is 392. The second-order valence-electron chi connectivity index (χ2n) is 7.45. The van der Waals surface area contributed by atoms with E-state index in [4.69, 9.17) is 0 Å². The predicted octanol–water partition coefficient (Wildman–Crippen LogP) is 2.53. The van der Waals surface area contributed by atoms with Gasteiger partial charge in [0.2, 0.25) is 10.0 Å². The number of rotatable bonds is 4. The van der Waals surface area contributed by atoms with Crippen LogP contribution in [0.3, 0.4) is 0 Å². The summed E-state index contributed by atoms with van der Waals surface area (Å²) in [6.45, 7) is 3.80. The number of hydrogen-bond acceptors (Lipinski definition) is 2. The molecule has 4 aliphatic carbocycles. The van der Waals surface area contributed by atoms with Gasteiger partial charge in [0.05, 0.1) is 5.75 Å². The third-order valence-electron chi connectivity index (χ3n) is 5.08. The Balaban J connectivity index is 1.76. The normalized spacial score (nSPS) is 42.7. The van der Waals surface area contributed by atoms with Crippen LogP contribution in [0.25, 0.3) is 0 Å². The van der Waals surface area contributed by atoms with Crippen molar-refractivity contribution in [3.8, 4) is 0 Å². The van der Waals surface area contributed by atoms with Crippen LogP contribution >= 0.6 is 0 Å². The van der Waals surface area contributed by atoms with Crippen molar-refractivity contribution in [3.05, 3.63) is 0 Å². The van der Waals surface area contributed by atoms with E-state index in [0.29, 0.717) is 5.75 Å². The summed E-state index contributed by atoms with van der Waals surface area (Å²) in [5.41, 5.74) is 0.121. The maximum Gasteiger partial charge on any atom is 0.212 e. The van der Waals surface area contributed by atoms with Gasteiger partial charge in [-0.2, -0.15) is 0 Å². The molecule has 0 spiro atoms. The van der Waals surface area contributed by atoms with E-state index in [1.807, 2.05) is 13.8 Å². The van der Waals surface area contributed by atoms with Gasteiger partial charge >= 0.3 is 0 Å². The fourth-order valence-electron chi connectivity index (χ4n) is 5.27. The number of sulfonamides is 1. The SMILES string of the molecule is CC(C)NS(=O)(=O)CC12CC3CC(CC(C3)C1)C2. The third-order valence-corrected chi connectivity index (χ3v) is 6.90. The quantitative estimate of drug-likeness (QED) is 0.854. The Hall–Kier alpha value is -0.0900. The molecular formula is C14H25NO2S. The van der Waals surface area contributed by atoms with E-state index in [1.165, 1.54) is 38.5 Å². The molecule has 0 saturated heterocycles. The van der Waals surface area contributed by atoms with E-state index in [-0.39, 0.29) is 11.5 Å². The van der Waals surface area contributed by atoms with Crippen molar-refractivity contribution in [1.82, 2.24) is 4.72 Å². The molecule has 0 unspecified atom stereocenters. The highest BCUT2D eigenvalue weighted by Gasteiger charge is 2.52. The number of hydrogen-bond donors (Lipinski definition) is 1. The molecule has 104 valence electrons. The van der Waals surface area contributed by atoms with Gasteiger partial charge in [-0.25, -0.2) is 13.1 Å². The molecule has 4 heteroatoms. The van der Waals surface area contributed by atoms with Gasteiger partial charge in [0.25, 0.3) is 0 Å². The van der Waals surface area contributed by atoms with Gasteiger partial charge in [-0.1, -0.05) is 0 Å². The van der Waals surface area contributed by atoms with Crippen LogP contribution in [-0.4, -0.2) is 20.2 Å². The summed E-state index contributed by atoms with van der Waals surface area (Å²) in [5.74, 6) is 2.85. The molecule has 18 heavy (non-hydrogen) atoms. The summed E-state index contributed by atoms with van der Waals surface area (Å²) in [7, 11) is -3.09. The second kappa shape index (κ2) is 4.20. The molecule has 0 aromatic heterocycles. The molecule has 0 radical (unpaired) electrons. The maximum absolute atomic E-state index is 12.2. The monoisotopic (exact) mass is 271 g/mol. The lowest BCUT2D eigenvalue weighted by Crippen LogP contribution is -2.51. The Morgan fingerprint density at radius 2 is 1.50 bits per heavy atom. The molecular weight excluding hydrogens is 246 g/mol. The van der Waals surface area contributed by atoms with Gasteiger partial charge in [0, 0.05) is 6.04 Å². The number of nitrogens with one attached hydrogen (secondary N) is 1.